The molecule has 31 heteroatoms. The Hall–Kier alpha value is -1.53. The molecule has 4 saturated carbocycles. The van der Waals surface area contributed by atoms with Crippen LogP contribution in [0.25, 0.3) is 0 Å². The predicted molar refractivity (Wildman–Crippen MR) is 305 cm³/mol. The second-order valence-electron chi connectivity index (χ2n) is 29.3. The number of ether oxygens (including phenoxy) is 14. The Morgan fingerprint density at radius 2 is 1.01 bits per heavy atom. The molecule has 0 bridgehead atoms. The van der Waals surface area contributed by atoms with Gasteiger partial charge in [-0.3, -0.25) is 4.79 Å². The molecule has 16 N–H and O–H groups in total. The quantitative estimate of drug-likeness (QED) is 0.0681. The fourth-order valence-electron chi connectivity index (χ4n) is 18.4. The van der Waals surface area contributed by atoms with E-state index in [2.05, 4.69) is 27.7 Å². The molecule has 8 aliphatic heterocycles. The van der Waals surface area contributed by atoms with E-state index in [0.29, 0.717) is 43.5 Å². The van der Waals surface area contributed by atoms with Crippen molar-refractivity contribution in [1.29, 1.82) is 0 Å². The number of Topliss-reactive ketones (excluding diaryl/α,β-unsaturated/α-hetero) is 1. The molecule has 1 spiro atoms. The maximum absolute atomic E-state index is 14.8. The highest BCUT2D eigenvalue weighted by atomic mass is 16.8. The van der Waals surface area contributed by atoms with Gasteiger partial charge in [0.05, 0.1) is 57.5 Å². The molecule has 8 heterocycles. The van der Waals surface area contributed by atoms with Gasteiger partial charge in [-0.25, -0.2) is 0 Å². The lowest BCUT2D eigenvalue weighted by atomic mass is 9.44. The molecule has 4 aliphatic carbocycles. The minimum Gasteiger partial charge on any atom is -0.394 e. The van der Waals surface area contributed by atoms with Gasteiger partial charge in [0.15, 0.2) is 43.5 Å². The lowest BCUT2D eigenvalue weighted by molar-refractivity contribution is -0.408. The Morgan fingerprint density at radius 3 is 1.63 bits per heavy atom. The molecular weight excluding hydrogens is 1240 g/mol. The molecule has 12 rings (SSSR count). The van der Waals surface area contributed by atoms with Crippen LogP contribution in [0.15, 0.2) is 0 Å². The van der Waals surface area contributed by atoms with E-state index in [1.54, 1.807) is 0 Å². The molecule has 31 nitrogen and oxygen atoms in total. The van der Waals surface area contributed by atoms with Gasteiger partial charge in [-0.15, -0.1) is 0 Å². The summed E-state index contributed by atoms with van der Waals surface area (Å²) in [6.45, 7) is 8.92. The highest BCUT2D eigenvalue weighted by molar-refractivity contribution is 5.87. The van der Waals surface area contributed by atoms with E-state index in [4.69, 9.17) is 66.3 Å². The Morgan fingerprint density at radius 1 is 0.473 bits per heavy atom. The van der Waals surface area contributed by atoms with E-state index in [-0.39, 0.29) is 41.1 Å². The molecular formula is C62H100O31. The van der Waals surface area contributed by atoms with E-state index in [1.807, 2.05) is 0 Å². The standard InChI is InChI=1S/C62H100O31/c1-21-9-12-62(81-19-21)22(2)36-31(93-62)14-29-27-8-7-25-13-26(10-11-60(25,5)28(27)15-35(67)61(29,36)6)84-57-47(78)42(73)50(33(17-64)86-57)89-58-48(79)43(74)51(34(18-65)87-58)90-59-53(92-54-44(75)38(69)30(66)20-80-54)52(39(70)32(16-63)85-59)91-56-46(77)41(72)49(24(4)83-56)88-55-45(76)40(71)37(68)23(3)82-55/h21-34,36-59,63-66,68-79H,7-20H2,1-6H3/t21-,22+,23+,24+,25-,26-,27+,28+,29-,30+,31+,32+,33+,34+,36+,37+,38-,39+,40-,41+,42+,43+,44+,45+,46+,47+,48+,49+,50+,51+,52-,53+,54-,55-,56-,57+,58-,59-,60+,61-,62+/m1/s1. The zero-order chi connectivity index (χ0) is 66.8. The summed E-state index contributed by atoms with van der Waals surface area (Å²) in [7, 11) is 0. The van der Waals surface area contributed by atoms with Crippen molar-refractivity contribution >= 4 is 5.78 Å². The van der Waals surface area contributed by atoms with Gasteiger partial charge in [-0.2, -0.15) is 0 Å². The summed E-state index contributed by atoms with van der Waals surface area (Å²) in [5.74, 6) is 1.24. The number of carbonyl (C=O) groups is 1. The van der Waals surface area contributed by atoms with Crippen molar-refractivity contribution in [2.75, 3.05) is 33.0 Å². The summed E-state index contributed by atoms with van der Waals surface area (Å²) in [4.78, 5) is 14.8. The summed E-state index contributed by atoms with van der Waals surface area (Å²) in [5.41, 5.74) is -0.669. The van der Waals surface area contributed by atoms with Gasteiger partial charge in [0.1, 0.15) is 134 Å². The van der Waals surface area contributed by atoms with Gasteiger partial charge in [-0.05, 0) is 93.8 Å². The van der Waals surface area contributed by atoms with Crippen molar-refractivity contribution in [2.45, 2.75) is 295 Å². The van der Waals surface area contributed by atoms with Crippen LogP contribution < -0.4 is 0 Å². The first-order valence-electron chi connectivity index (χ1n) is 33.4. The summed E-state index contributed by atoms with van der Waals surface area (Å²) >= 11 is 0. The van der Waals surface area contributed by atoms with E-state index in [9.17, 15) is 86.5 Å². The van der Waals surface area contributed by atoms with Crippen molar-refractivity contribution < 1.29 is 153 Å². The topological polar surface area (TPSA) is 470 Å². The molecule has 12 fully saturated rings. The molecule has 0 unspecified atom stereocenters. The number of hydrogen-bond acceptors (Lipinski definition) is 31. The smallest absolute Gasteiger partial charge is 0.187 e. The van der Waals surface area contributed by atoms with Crippen LogP contribution >= 0.6 is 0 Å². The largest absolute Gasteiger partial charge is 0.394 e. The monoisotopic (exact) mass is 1340 g/mol. The highest BCUT2D eigenvalue weighted by Crippen LogP contribution is 2.70. The SMILES string of the molecule is C[C@@H]1CC[C@]2(OC1)O[C@H]1C[C@@H]3[C@H]4CC[C@@H]5C[C@H](O[C@H]6O[C@@H](CO)[C@H](O[C@H]7O[C@@H](CO)[C@H](O[C@H]8O[C@@H](CO)[C@H](O)[C@@H](O[C@H]9O[C@@H](C)[C@H](O[C@H]%10O[C@@H](C)[C@H](O)[C@@H](O)[C@@H]%10O)[C@@H](O)[C@@H]9O)[C@@H]8O[C@H]8OC[C@H](O)[C@@H](O)[C@@H]8O)[C@@H](O)[C@@H]7O)[C@@H](O)[C@@H]6O)CC[C@]5(C)[C@H]4CC(=O)[C@]3(C)[C@H]1[C@@H]2C. The molecule has 0 aromatic heterocycles. The maximum atomic E-state index is 14.8. The number of rotatable bonds is 15. The number of aliphatic hydroxyl groups is 16. The zero-order valence-corrected chi connectivity index (χ0v) is 53.1. The third-order valence-corrected chi connectivity index (χ3v) is 24.0. The van der Waals surface area contributed by atoms with Crippen LogP contribution in [-0.2, 0) is 71.1 Å². The summed E-state index contributed by atoms with van der Waals surface area (Å²) in [6.07, 6.45) is -45.1. The molecule has 41 atom stereocenters. The lowest BCUT2D eigenvalue weighted by Gasteiger charge is -2.60. The lowest BCUT2D eigenvalue weighted by Crippen LogP contribution is -2.69. The van der Waals surface area contributed by atoms with Gasteiger partial charge in [0.2, 0.25) is 0 Å². The number of hydrogen-bond donors (Lipinski definition) is 16. The van der Waals surface area contributed by atoms with E-state index in [1.165, 1.54) is 13.8 Å². The van der Waals surface area contributed by atoms with Crippen LogP contribution in [0.5, 0.6) is 0 Å². The molecule has 12 aliphatic rings. The molecule has 0 aromatic rings. The fraction of sp³-hybridized carbons (Fsp3) is 0.984. The van der Waals surface area contributed by atoms with Crippen LogP contribution in [0.2, 0.25) is 0 Å². The van der Waals surface area contributed by atoms with Crippen LogP contribution in [0.4, 0.5) is 0 Å². The van der Waals surface area contributed by atoms with Gasteiger partial charge >= 0.3 is 0 Å². The molecule has 0 radical (unpaired) electrons. The average molecular weight is 1340 g/mol. The molecule has 0 amide bonds. The molecule has 93 heavy (non-hydrogen) atoms. The number of aliphatic hydroxyl groups excluding tert-OH is 16. The molecule has 8 saturated heterocycles. The first-order chi connectivity index (χ1) is 44.1. The summed E-state index contributed by atoms with van der Waals surface area (Å²) in [6, 6.07) is 0. The number of carbonyl (C=O) groups excluding carboxylic acids is 1. The third kappa shape index (κ3) is 12.6. The first-order valence-corrected chi connectivity index (χ1v) is 33.4. The van der Waals surface area contributed by atoms with Crippen LogP contribution in [-0.4, -0.2) is 317 Å². The Bertz CT molecular complexity index is 2520. The van der Waals surface area contributed by atoms with Crippen molar-refractivity contribution in [2.24, 2.45) is 52.3 Å². The summed E-state index contributed by atoms with van der Waals surface area (Å²) < 4.78 is 85.0. The number of fused-ring (bicyclic) bond motifs is 7. The minimum atomic E-state index is -2.15. The Kier molecular flexibility index (Phi) is 21.3. The van der Waals surface area contributed by atoms with Crippen molar-refractivity contribution in [3.63, 3.8) is 0 Å². The van der Waals surface area contributed by atoms with Crippen LogP contribution in [0.3, 0.4) is 0 Å². The highest BCUT2D eigenvalue weighted by Gasteiger charge is 2.72. The maximum Gasteiger partial charge on any atom is 0.187 e. The zero-order valence-electron chi connectivity index (χ0n) is 53.1. The Balaban J connectivity index is 0.691. The van der Waals surface area contributed by atoms with E-state index in [0.717, 1.165) is 38.5 Å². The minimum absolute atomic E-state index is 0.0299. The van der Waals surface area contributed by atoms with Gasteiger partial charge in [0.25, 0.3) is 0 Å². The Labute approximate surface area is 537 Å². The van der Waals surface area contributed by atoms with Crippen molar-refractivity contribution in [1.82, 2.24) is 0 Å². The average Bonchev–Trinajstić information content (AvgIpc) is 1.55. The van der Waals surface area contributed by atoms with Gasteiger partial charge in [-0.1, -0.05) is 27.7 Å². The second-order valence-corrected chi connectivity index (χ2v) is 29.3. The normalized spacial score (nSPS) is 57.5. The van der Waals surface area contributed by atoms with Gasteiger partial charge < -0.3 is 148 Å². The van der Waals surface area contributed by atoms with E-state index >= 15 is 0 Å². The van der Waals surface area contributed by atoms with Crippen LogP contribution in [0, 0.1) is 52.3 Å². The summed E-state index contributed by atoms with van der Waals surface area (Å²) in [5, 5.41) is 177. The fourth-order valence-corrected chi connectivity index (χ4v) is 18.4. The van der Waals surface area contributed by atoms with Crippen LogP contribution in [0.1, 0.15) is 99.3 Å². The number of ketones is 1. The van der Waals surface area contributed by atoms with Crippen molar-refractivity contribution in [3.8, 4) is 0 Å². The van der Waals surface area contributed by atoms with Gasteiger partial charge in [0, 0.05) is 30.1 Å². The third-order valence-electron chi connectivity index (χ3n) is 24.0. The molecule has 0 aromatic carbocycles. The van der Waals surface area contributed by atoms with Crippen molar-refractivity contribution in [3.05, 3.63) is 0 Å². The van der Waals surface area contributed by atoms with E-state index < -0.39 is 222 Å². The second kappa shape index (κ2) is 27.8. The first kappa shape index (κ1) is 71.3. The predicted octanol–water partition coefficient (Wildman–Crippen LogP) is -5.39. The molecule has 534 valence electrons.